The van der Waals surface area contributed by atoms with Crippen LogP contribution in [0, 0.1) is 5.92 Å². The summed E-state index contributed by atoms with van der Waals surface area (Å²) in [5.41, 5.74) is 0. The van der Waals surface area contributed by atoms with Gasteiger partial charge in [0.2, 0.25) is 0 Å². The van der Waals surface area contributed by atoms with E-state index in [0.29, 0.717) is 6.61 Å². The van der Waals surface area contributed by atoms with Gasteiger partial charge in [-0.3, -0.25) is 9.59 Å². The smallest absolute Gasteiger partial charge is 0.290 e. The van der Waals surface area contributed by atoms with Crippen molar-refractivity contribution in [3.05, 3.63) is 0 Å². The minimum Gasteiger partial charge on any atom is -0.483 e. The zero-order chi connectivity index (χ0) is 37.9. The van der Waals surface area contributed by atoms with Crippen molar-refractivity contribution < 1.29 is 34.8 Å². The number of hydrogen-bond donors (Lipinski definition) is 4. The Bertz CT molecular complexity index is 534. The number of aliphatic hydroxyl groups is 2. The molecule has 0 heterocycles. The lowest BCUT2D eigenvalue weighted by molar-refractivity contribution is -0.123. The Labute approximate surface area is 305 Å². The number of carbonyl (C=O) groups excluding carboxylic acids is 1. The lowest BCUT2D eigenvalue weighted by Gasteiger charge is -2.21. The first-order valence-corrected chi connectivity index (χ1v) is 20.3. The predicted octanol–water partition coefficient (Wildman–Crippen LogP) is 11.1. The molecule has 0 aromatic heterocycles. The SMILES string of the molecule is C=O.CCCCCCCCCCCCCCN(CCO)CCCCCCCC(CCCCCC)CCCCCCC.CO.O=CO.O=CO. The van der Waals surface area contributed by atoms with Crippen LogP contribution >= 0.6 is 0 Å². The van der Waals surface area contributed by atoms with E-state index in [9.17, 15) is 5.11 Å². The molecule has 0 saturated heterocycles. The fourth-order valence-corrected chi connectivity index (χ4v) is 6.28. The maximum atomic E-state index is 9.51. The van der Waals surface area contributed by atoms with Gasteiger partial charge < -0.3 is 30.1 Å². The fraction of sp³-hybridized carbons (Fsp3) is 0.927. The molecule has 0 aliphatic heterocycles. The Morgan fingerprint density at radius 1 is 0.449 bits per heavy atom. The Hall–Kier alpha value is -1.51. The van der Waals surface area contributed by atoms with E-state index >= 15 is 0 Å². The van der Waals surface area contributed by atoms with Gasteiger partial charge in [0.25, 0.3) is 12.9 Å². The Kier molecular flexibility index (Phi) is 71.6. The van der Waals surface area contributed by atoms with Crippen LogP contribution in [0.3, 0.4) is 0 Å². The van der Waals surface area contributed by atoms with Crippen LogP contribution in [-0.2, 0) is 14.4 Å². The minimum absolute atomic E-state index is 0.250. The van der Waals surface area contributed by atoms with E-state index in [-0.39, 0.29) is 12.9 Å². The third-order valence-corrected chi connectivity index (χ3v) is 9.01. The lowest BCUT2D eigenvalue weighted by Crippen LogP contribution is -2.29. The van der Waals surface area contributed by atoms with E-state index in [1.54, 1.807) is 0 Å². The fourth-order valence-electron chi connectivity index (χ4n) is 6.28. The van der Waals surface area contributed by atoms with Gasteiger partial charge >= 0.3 is 0 Å². The summed E-state index contributed by atoms with van der Waals surface area (Å²) in [7, 11) is 1.00. The molecule has 0 bridgehead atoms. The first-order chi connectivity index (χ1) is 24.1. The van der Waals surface area contributed by atoms with Gasteiger partial charge in [0.1, 0.15) is 6.79 Å². The summed E-state index contributed by atoms with van der Waals surface area (Å²) in [5.74, 6) is 0.999. The molecule has 49 heavy (non-hydrogen) atoms. The number of unbranched alkanes of at least 4 members (excludes halogenated alkanes) is 22. The summed E-state index contributed by atoms with van der Waals surface area (Å²) in [6, 6.07) is 0. The molecule has 8 nitrogen and oxygen atoms in total. The largest absolute Gasteiger partial charge is 0.483 e. The second kappa shape index (κ2) is 61.7. The molecule has 0 aliphatic rings. The molecule has 298 valence electrons. The van der Waals surface area contributed by atoms with Crippen LogP contribution in [-0.4, -0.2) is 78.4 Å². The van der Waals surface area contributed by atoms with Gasteiger partial charge in [-0.05, 0) is 31.8 Å². The predicted molar refractivity (Wildman–Crippen MR) is 211 cm³/mol. The minimum atomic E-state index is -0.250. The van der Waals surface area contributed by atoms with Crippen LogP contribution in [0.25, 0.3) is 0 Å². The normalized spacial score (nSPS) is 10.7. The molecular weight excluding hydrogens is 618 g/mol. The molecule has 0 radical (unpaired) electrons. The summed E-state index contributed by atoms with van der Waals surface area (Å²) in [6.45, 7) is 12.0. The van der Waals surface area contributed by atoms with Crippen molar-refractivity contribution in [2.24, 2.45) is 5.92 Å². The topological polar surface area (TPSA) is 135 Å². The van der Waals surface area contributed by atoms with Crippen LogP contribution in [0.5, 0.6) is 0 Å². The molecular formula is C41H87NO7. The molecule has 0 aromatic rings. The molecule has 0 fully saturated rings. The van der Waals surface area contributed by atoms with Crippen LogP contribution in [0.2, 0.25) is 0 Å². The Balaban J connectivity index is -0.000000576. The van der Waals surface area contributed by atoms with Crippen LogP contribution in [0.15, 0.2) is 0 Å². The number of carboxylic acid groups (broad SMARTS) is 2. The van der Waals surface area contributed by atoms with Gasteiger partial charge in [-0.15, -0.1) is 0 Å². The highest BCUT2D eigenvalue weighted by Gasteiger charge is 2.09. The number of nitrogens with zero attached hydrogens (tertiary/aromatic N) is 1. The maximum absolute atomic E-state index is 9.51. The molecule has 0 aliphatic carbocycles. The van der Waals surface area contributed by atoms with Crippen LogP contribution < -0.4 is 0 Å². The molecule has 1 unspecified atom stereocenters. The average molecular weight is 706 g/mol. The van der Waals surface area contributed by atoms with Crippen molar-refractivity contribution >= 4 is 19.7 Å². The molecule has 0 rings (SSSR count). The van der Waals surface area contributed by atoms with Crippen molar-refractivity contribution in [1.29, 1.82) is 0 Å². The van der Waals surface area contributed by atoms with Crippen molar-refractivity contribution in [3.63, 3.8) is 0 Å². The second-order valence-corrected chi connectivity index (χ2v) is 13.1. The second-order valence-electron chi connectivity index (χ2n) is 13.1. The third kappa shape index (κ3) is 62.1. The first kappa shape index (κ1) is 56.9. The summed E-state index contributed by atoms with van der Waals surface area (Å²) in [5, 5.41) is 30.3. The van der Waals surface area contributed by atoms with Gasteiger partial charge in [0.15, 0.2) is 0 Å². The zero-order valence-corrected chi connectivity index (χ0v) is 33.2. The molecule has 1 atom stereocenters. The highest BCUT2D eigenvalue weighted by atomic mass is 16.3. The van der Waals surface area contributed by atoms with E-state index in [1.807, 2.05) is 6.79 Å². The quantitative estimate of drug-likeness (QED) is 0.0384. The average Bonchev–Trinajstić information content (AvgIpc) is 3.12. The van der Waals surface area contributed by atoms with Crippen molar-refractivity contribution in [2.45, 2.75) is 207 Å². The molecule has 0 spiro atoms. The van der Waals surface area contributed by atoms with Gasteiger partial charge in [0.05, 0.1) is 6.61 Å². The number of rotatable bonds is 34. The highest BCUT2D eigenvalue weighted by Crippen LogP contribution is 2.24. The Morgan fingerprint density at radius 3 is 0.939 bits per heavy atom. The zero-order valence-electron chi connectivity index (χ0n) is 33.2. The van der Waals surface area contributed by atoms with E-state index in [4.69, 9.17) is 29.7 Å². The van der Waals surface area contributed by atoms with Crippen LogP contribution in [0.4, 0.5) is 0 Å². The summed E-state index contributed by atoms with van der Waals surface area (Å²) in [4.78, 5) is 27.3. The molecule has 0 aromatic carbocycles. The third-order valence-electron chi connectivity index (χ3n) is 9.01. The number of hydrogen-bond acceptors (Lipinski definition) is 6. The van der Waals surface area contributed by atoms with Gasteiger partial charge in [-0.25, -0.2) is 0 Å². The number of aliphatic hydroxyl groups excluding tert-OH is 2. The van der Waals surface area contributed by atoms with Gasteiger partial charge in [-0.2, -0.15) is 0 Å². The lowest BCUT2D eigenvalue weighted by atomic mass is 9.89. The van der Waals surface area contributed by atoms with E-state index in [1.165, 1.54) is 199 Å². The van der Waals surface area contributed by atoms with Crippen molar-refractivity contribution in [3.8, 4) is 0 Å². The monoisotopic (exact) mass is 706 g/mol. The standard InChI is InChI=1S/C37H77NO.2CH2O2.CH4O.CH2O/c1-4-7-10-13-14-15-16-17-18-19-23-28-33-38(35-36-39)34-29-24-20-22-27-32-37(30-25-12-9-6-3)31-26-21-11-8-5-2;2*2-1-3;2*1-2/h37,39H,4-36H2,1-3H3;2*1H,(H,2,3);2H,1H3;1H2. The van der Waals surface area contributed by atoms with E-state index < -0.39 is 0 Å². The maximum Gasteiger partial charge on any atom is 0.290 e. The molecule has 8 heteroatoms. The van der Waals surface area contributed by atoms with Crippen molar-refractivity contribution in [2.75, 3.05) is 33.4 Å². The van der Waals surface area contributed by atoms with E-state index in [2.05, 4.69) is 25.7 Å². The molecule has 0 amide bonds. The number of carbonyl (C=O) groups is 3. The van der Waals surface area contributed by atoms with Gasteiger partial charge in [-0.1, -0.05) is 194 Å². The molecule has 4 N–H and O–H groups in total. The molecule has 0 saturated carbocycles. The summed E-state index contributed by atoms with van der Waals surface area (Å²) in [6.07, 6.45) is 41.3. The Morgan fingerprint density at radius 2 is 0.673 bits per heavy atom. The summed E-state index contributed by atoms with van der Waals surface area (Å²) >= 11 is 0. The van der Waals surface area contributed by atoms with Gasteiger partial charge in [0, 0.05) is 13.7 Å². The van der Waals surface area contributed by atoms with Crippen LogP contribution in [0.1, 0.15) is 207 Å². The van der Waals surface area contributed by atoms with E-state index in [0.717, 1.165) is 19.6 Å². The first-order valence-electron chi connectivity index (χ1n) is 20.3. The van der Waals surface area contributed by atoms with Crippen molar-refractivity contribution in [1.82, 2.24) is 4.90 Å². The highest BCUT2D eigenvalue weighted by molar-refractivity contribution is 5.33. The summed E-state index contributed by atoms with van der Waals surface area (Å²) < 4.78 is 0.